The van der Waals surface area contributed by atoms with E-state index in [0.29, 0.717) is 23.0 Å². The quantitative estimate of drug-likeness (QED) is 0.674. The third kappa shape index (κ3) is 3.18. The lowest BCUT2D eigenvalue weighted by atomic mass is 10.0. The Hall–Kier alpha value is -3.15. The Morgan fingerprint density at radius 1 is 0.731 bits per heavy atom. The van der Waals surface area contributed by atoms with Crippen LogP contribution >= 0.6 is 0 Å². The van der Waals surface area contributed by atoms with Crippen molar-refractivity contribution in [1.29, 1.82) is 0 Å². The molecule has 136 valence electrons. The zero-order chi connectivity index (χ0) is 18.7. The van der Waals surface area contributed by atoms with Crippen molar-refractivity contribution in [3.63, 3.8) is 0 Å². The number of methoxy groups -OCH3 is 4. The summed E-state index contributed by atoms with van der Waals surface area (Å²) in [6.07, 6.45) is 1.79. The van der Waals surface area contributed by atoms with Gasteiger partial charge in [-0.05, 0) is 30.3 Å². The maximum atomic E-state index is 5.44. The van der Waals surface area contributed by atoms with Crippen LogP contribution in [0.25, 0.3) is 22.5 Å². The van der Waals surface area contributed by atoms with Crippen LogP contribution in [-0.4, -0.2) is 38.0 Å². The second-order valence-electron chi connectivity index (χ2n) is 5.72. The Labute approximate surface area is 152 Å². The van der Waals surface area contributed by atoms with Crippen LogP contribution in [0.3, 0.4) is 0 Å². The first-order valence-corrected chi connectivity index (χ1v) is 8.08. The number of aromatic nitrogens is 2. The molecule has 0 aliphatic heterocycles. The number of benzene rings is 2. The summed E-state index contributed by atoms with van der Waals surface area (Å²) < 4.78 is 23.5. The molecule has 0 fully saturated rings. The van der Waals surface area contributed by atoms with Crippen LogP contribution in [0.2, 0.25) is 0 Å². The summed E-state index contributed by atoms with van der Waals surface area (Å²) in [6, 6.07) is 11.5. The molecule has 26 heavy (non-hydrogen) atoms. The minimum absolute atomic E-state index is 0.667. The molecular weight excluding hydrogens is 332 g/mol. The molecule has 0 aliphatic rings. The minimum Gasteiger partial charge on any atom is -0.497 e. The number of hydrogen-bond acceptors (Lipinski definition) is 5. The van der Waals surface area contributed by atoms with E-state index in [-0.39, 0.29) is 0 Å². The molecule has 0 spiro atoms. The fourth-order valence-corrected chi connectivity index (χ4v) is 2.91. The van der Waals surface area contributed by atoms with Crippen LogP contribution in [0.5, 0.6) is 23.0 Å². The van der Waals surface area contributed by atoms with E-state index in [1.807, 2.05) is 48.0 Å². The van der Waals surface area contributed by atoms with Gasteiger partial charge < -0.3 is 23.5 Å². The number of ether oxygens (including phenoxy) is 4. The maximum absolute atomic E-state index is 5.44. The second kappa shape index (κ2) is 7.39. The van der Waals surface area contributed by atoms with Crippen molar-refractivity contribution >= 4 is 0 Å². The molecular formula is C20H22N2O4. The monoisotopic (exact) mass is 354 g/mol. The third-order valence-electron chi connectivity index (χ3n) is 4.22. The first kappa shape index (κ1) is 17.7. The number of hydrogen-bond donors (Lipinski definition) is 0. The van der Waals surface area contributed by atoms with Gasteiger partial charge in [0.15, 0.2) is 11.5 Å². The lowest BCUT2D eigenvalue weighted by molar-refractivity contribution is 0.355. The first-order chi connectivity index (χ1) is 12.6. The predicted molar refractivity (Wildman–Crippen MR) is 100 cm³/mol. The SMILES string of the molecule is COc1cc(OC)cc(-c2ncn(C)c2-c2ccc(OC)c(OC)c2)c1. The van der Waals surface area contributed by atoms with E-state index in [4.69, 9.17) is 18.9 Å². The summed E-state index contributed by atoms with van der Waals surface area (Å²) in [5.41, 5.74) is 3.67. The second-order valence-corrected chi connectivity index (χ2v) is 5.72. The van der Waals surface area contributed by atoms with Crippen molar-refractivity contribution in [2.45, 2.75) is 0 Å². The molecule has 0 saturated heterocycles. The van der Waals surface area contributed by atoms with Gasteiger partial charge in [-0.3, -0.25) is 0 Å². The van der Waals surface area contributed by atoms with Crippen molar-refractivity contribution in [1.82, 2.24) is 9.55 Å². The summed E-state index contributed by atoms with van der Waals surface area (Å²) in [5.74, 6) is 2.77. The summed E-state index contributed by atoms with van der Waals surface area (Å²) in [6.45, 7) is 0. The molecule has 0 amide bonds. The Morgan fingerprint density at radius 2 is 1.38 bits per heavy atom. The smallest absolute Gasteiger partial charge is 0.161 e. The molecule has 0 saturated carbocycles. The molecule has 2 aromatic carbocycles. The van der Waals surface area contributed by atoms with Gasteiger partial charge in [0, 0.05) is 24.2 Å². The highest BCUT2D eigenvalue weighted by molar-refractivity contribution is 5.81. The van der Waals surface area contributed by atoms with Crippen LogP contribution in [0.15, 0.2) is 42.7 Å². The van der Waals surface area contributed by atoms with E-state index in [2.05, 4.69) is 4.98 Å². The number of aryl methyl sites for hydroxylation is 1. The topological polar surface area (TPSA) is 54.7 Å². The Morgan fingerprint density at radius 3 is 1.96 bits per heavy atom. The molecule has 0 atom stereocenters. The highest BCUT2D eigenvalue weighted by atomic mass is 16.5. The van der Waals surface area contributed by atoms with Crippen LogP contribution in [0, 0.1) is 0 Å². The lowest BCUT2D eigenvalue weighted by Gasteiger charge is -2.12. The van der Waals surface area contributed by atoms with Gasteiger partial charge in [0.2, 0.25) is 0 Å². The zero-order valence-electron chi connectivity index (χ0n) is 15.6. The number of rotatable bonds is 6. The number of nitrogens with zero attached hydrogens (tertiary/aromatic N) is 2. The molecule has 3 rings (SSSR count). The van der Waals surface area contributed by atoms with E-state index in [1.165, 1.54) is 0 Å². The highest BCUT2D eigenvalue weighted by Gasteiger charge is 2.17. The summed E-state index contributed by atoms with van der Waals surface area (Å²) in [4.78, 5) is 4.59. The van der Waals surface area contributed by atoms with E-state index in [1.54, 1.807) is 34.8 Å². The molecule has 3 aromatic rings. The standard InChI is InChI=1S/C20H22N2O4/c1-22-12-21-19(14-8-15(23-2)11-16(9-14)24-3)20(22)13-6-7-17(25-4)18(10-13)26-5/h6-12H,1-5H3. The highest BCUT2D eigenvalue weighted by Crippen LogP contribution is 2.38. The van der Waals surface area contributed by atoms with Crippen LogP contribution in [-0.2, 0) is 7.05 Å². The average Bonchev–Trinajstić information content (AvgIpc) is 3.08. The van der Waals surface area contributed by atoms with Gasteiger partial charge in [-0.1, -0.05) is 0 Å². The largest absolute Gasteiger partial charge is 0.497 e. The lowest BCUT2D eigenvalue weighted by Crippen LogP contribution is -1.95. The van der Waals surface area contributed by atoms with Gasteiger partial charge in [0.05, 0.1) is 46.2 Å². The van der Waals surface area contributed by atoms with E-state index in [9.17, 15) is 0 Å². The van der Waals surface area contributed by atoms with E-state index >= 15 is 0 Å². The molecule has 0 aliphatic carbocycles. The van der Waals surface area contributed by atoms with Crippen LogP contribution in [0.1, 0.15) is 0 Å². The molecule has 1 heterocycles. The number of imidazole rings is 1. The van der Waals surface area contributed by atoms with Crippen molar-refractivity contribution in [3.8, 4) is 45.5 Å². The van der Waals surface area contributed by atoms with Crippen molar-refractivity contribution in [2.24, 2.45) is 7.05 Å². The third-order valence-corrected chi connectivity index (χ3v) is 4.22. The van der Waals surface area contributed by atoms with Crippen molar-refractivity contribution in [2.75, 3.05) is 28.4 Å². The normalized spacial score (nSPS) is 10.5. The van der Waals surface area contributed by atoms with E-state index in [0.717, 1.165) is 22.5 Å². The van der Waals surface area contributed by atoms with Crippen molar-refractivity contribution < 1.29 is 18.9 Å². The zero-order valence-corrected chi connectivity index (χ0v) is 15.6. The molecule has 0 N–H and O–H groups in total. The summed E-state index contributed by atoms with van der Waals surface area (Å²) >= 11 is 0. The molecule has 0 bridgehead atoms. The maximum Gasteiger partial charge on any atom is 0.161 e. The van der Waals surface area contributed by atoms with Crippen molar-refractivity contribution in [3.05, 3.63) is 42.7 Å². The fourth-order valence-electron chi connectivity index (χ4n) is 2.91. The first-order valence-electron chi connectivity index (χ1n) is 8.08. The van der Waals surface area contributed by atoms with Gasteiger partial charge >= 0.3 is 0 Å². The van der Waals surface area contributed by atoms with Gasteiger partial charge in [-0.25, -0.2) is 4.98 Å². The molecule has 0 radical (unpaired) electrons. The fraction of sp³-hybridized carbons (Fsp3) is 0.250. The van der Waals surface area contributed by atoms with Gasteiger partial charge in [-0.15, -0.1) is 0 Å². The Bertz CT molecular complexity index is 896. The van der Waals surface area contributed by atoms with Crippen LogP contribution < -0.4 is 18.9 Å². The minimum atomic E-state index is 0.667. The predicted octanol–water partition coefficient (Wildman–Crippen LogP) is 3.79. The molecule has 6 heteroatoms. The van der Waals surface area contributed by atoms with Gasteiger partial charge in [-0.2, -0.15) is 0 Å². The molecule has 1 aromatic heterocycles. The van der Waals surface area contributed by atoms with Gasteiger partial charge in [0.1, 0.15) is 11.5 Å². The molecule has 6 nitrogen and oxygen atoms in total. The summed E-state index contributed by atoms with van der Waals surface area (Å²) in [5, 5.41) is 0. The Kier molecular flexibility index (Phi) is 5.02. The summed E-state index contributed by atoms with van der Waals surface area (Å²) in [7, 11) is 8.46. The van der Waals surface area contributed by atoms with E-state index < -0.39 is 0 Å². The molecule has 0 unspecified atom stereocenters. The average molecular weight is 354 g/mol. The van der Waals surface area contributed by atoms with Crippen LogP contribution in [0.4, 0.5) is 0 Å². The Balaban J connectivity index is 2.17. The van der Waals surface area contributed by atoms with Gasteiger partial charge in [0.25, 0.3) is 0 Å².